The molecule has 1 amide bonds. The van der Waals surface area contributed by atoms with E-state index in [2.05, 4.69) is 5.32 Å². The highest BCUT2D eigenvalue weighted by Crippen LogP contribution is 2.21. The normalized spacial score (nSPS) is 12.9. The van der Waals surface area contributed by atoms with Crippen molar-refractivity contribution < 1.29 is 19.4 Å². The Morgan fingerprint density at radius 3 is 2.28 bits per heavy atom. The molecule has 2 rings (SSSR count). The van der Waals surface area contributed by atoms with Gasteiger partial charge in [0.1, 0.15) is 11.8 Å². The number of methoxy groups -OCH3 is 1. The Morgan fingerprint density at radius 2 is 1.72 bits per heavy atom. The van der Waals surface area contributed by atoms with Gasteiger partial charge in [-0.1, -0.05) is 49.4 Å². The fourth-order valence-corrected chi connectivity index (χ4v) is 2.63. The molecule has 0 radical (unpaired) electrons. The summed E-state index contributed by atoms with van der Waals surface area (Å²) in [7, 11) is 1.60. The lowest BCUT2D eigenvalue weighted by molar-refractivity contribution is -0.141. The van der Waals surface area contributed by atoms with Crippen molar-refractivity contribution in [1.82, 2.24) is 5.32 Å². The maximum Gasteiger partial charge on any atom is 0.326 e. The number of ether oxygens (including phenoxy) is 1. The summed E-state index contributed by atoms with van der Waals surface area (Å²) in [6.45, 7) is 1.94. The van der Waals surface area contributed by atoms with Crippen molar-refractivity contribution >= 4 is 11.9 Å². The van der Waals surface area contributed by atoms with Crippen molar-refractivity contribution in [3.05, 3.63) is 65.7 Å². The SMILES string of the molecule is COc1ccc(C(C)CC(=O)NC(Cc2ccccc2)C(=O)O)cc1. The molecule has 0 heterocycles. The number of aliphatic carboxylic acids is 1. The predicted octanol–water partition coefficient (Wildman–Crippen LogP) is 3.00. The predicted molar refractivity (Wildman–Crippen MR) is 95.7 cm³/mol. The molecule has 0 spiro atoms. The molecule has 0 aromatic heterocycles. The van der Waals surface area contributed by atoms with Gasteiger partial charge in [-0.05, 0) is 29.2 Å². The maximum atomic E-state index is 12.3. The molecule has 0 aliphatic carbocycles. The lowest BCUT2D eigenvalue weighted by Gasteiger charge is -2.17. The Kier molecular flexibility index (Phi) is 6.57. The van der Waals surface area contributed by atoms with Gasteiger partial charge in [-0.25, -0.2) is 4.79 Å². The standard InChI is InChI=1S/C20H23NO4/c1-14(16-8-10-17(25-2)11-9-16)12-19(22)21-18(20(23)24)13-15-6-4-3-5-7-15/h3-11,14,18H,12-13H2,1-2H3,(H,21,22)(H,23,24). The first-order chi connectivity index (χ1) is 12.0. The molecule has 132 valence electrons. The van der Waals surface area contributed by atoms with Crippen LogP contribution in [0, 0.1) is 0 Å². The fraction of sp³-hybridized carbons (Fsp3) is 0.300. The minimum absolute atomic E-state index is 0.0166. The van der Waals surface area contributed by atoms with Crippen LogP contribution >= 0.6 is 0 Å². The molecule has 0 aliphatic heterocycles. The van der Waals surface area contributed by atoms with Gasteiger partial charge in [0.15, 0.2) is 0 Å². The van der Waals surface area contributed by atoms with Gasteiger partial charge in [0, 0.05) is 12.8 Å². The maximum absolute atomic E-state index is 12.3. The van der Waals surface area contributed by atoms with E-state index in [1.807, 2.05) is 61.5 Å². The number of carbonyl (C=O) groups excluding carboxylic acids is 1. The first-order valence-electron chi connectivity index (χ1n) is 8.19. The van der Waals surface area contributed by atoms with E-state index in [9.17, 15) is 14.7 Å². The van der Waals surface area contributed by atoms with Crippen LogP contribution in [-0.4, -0.2) is 30.1 Å². The summed E-state index contributed by atoms with van der Waals surface area (Å²) >= 11 is 0. The summed E-state index contributed by atoms with van der Waals surface area (Å²) in [5, 5.41) is 12.0. The van der Waals surface area contributed by atoms with Crippen molar-refractivity contribution in [2.45, 2.75) is 31.7 Å². The summed E-state index contributed by atoms with van der Waals surface area (Å²) in [6, 6.07) is 15.9. The van der Waals surface area contributed by atoms with Gasteiger partial charge >= 0.3 is 5.97 Å². The van der Waals surface area contributed by atoms with E-state index in [4.69, 9.17) is 4.74 Å². The zero-order valence-electron chi connectivity index (χ0n) is 14.4. The number of carboxylic acids is 1. The Labute approximate surface area is 147 Å². The third-order valence-electron chi connectivity index (χ3n) is 4.09. The van der Waals surface area contributed by atoms with Crippen molar-refractivity contribution in [3.8, 4) is 5.75 Å². The number of carbonyl (C=O) groups is 2. The number of benzene rings is 2. The summed E-state index contributed by atoms with van der Waals surface area (Å²) in [5.41, 5.74) is 1.88. The molecule has 2 N–H and O–H groups in total. The molecular formula is C20H23NO4. The third-order valence-corrected chi connectivity index (χ3v) is 4.09. The summed E-state index contributed by atoms with van der Waals surface area (Å²) in [5.74, 6) is -0.563. The minimum Gasteiger partial charge on any atom is -0.497 e. The molecule has 2 aromatic rings. The summed E-state index contributed by atoms with van der Waals surface area (Å²) in [4.78, 5) is 23.7. The Morgan fingerprint density at radius 1 is 1.08 bits per heavy atom. The van der Waals surface area contributed by atoms with E-state index < -0.39 is 12.0 Å². The second-order valence-electron chi connectivity index (χ2n) is 6.03. The highest BCUT2D eigenvalue weighted by molar-refractivity contribution is 5.84. The number of nitrogens with one attached hydrogen (secondary N) is 1. The lowest BCUT2D eigenvalue weighted by atomic mass is 9.97. The average molecular weight is 341 g/mol. The van der Waals surface area contributed by atoms with Gasteiger partial charge in [-0.2, -0.15) is 0 Å². The first kappa shape index (κ1) is 18.5. The first-order valence-corrected chi connectivity index (χ1v) is 8.19. The van der Waals surface area contributed by atoms with E-state index in [1.54, 1.807) is 7.11 Å². The van der Waals surface area contributed by atoms with Crippen LogP contribution in [0.15, 0.2) is 54.6 Å². The van der Waals surface area contributed by atoms with E-state index in [1.165, 1.54) is 0 Å². The zero-order chi connectivity index (χ0) is 18.2. The average Bonchev–Trinajstić information content (AvgIpc) is 2.62. The summed E-state index contributed by atoms with van der Waals surface area (Å²) in [6.07, 6.45) is 0.490. The van der Waals surface area contributed by atoms with E-state index >= 15 is 0 Å². The zero-order valence-corrected chi connectivity index (χ0v) is 14.4. The van der Waals surface area contributed by atoms with Crippen LogP contribution < -0.4 is 10.1 Å². The van der Waals surface area contributed by atoms with Gasteiger partial charge in [-0.3, -0.25) is 4.79 Å². The second kappa shape index (κ2) is 8.87. The highest BCUT2D eigenvalue weighted by Gasteiger charge is 2.21. The number of hydrogen-bond acceptors (Lipinski definition) is 3. The molecule has 0 bridgehead atoms. The van der Waals surface area contributed by atoms with Crippen LogP contribution in [0.25, 0.3) is 0 Å². The Hall–Kier alpha value is -2.82. The Bertz CT molecular complexity index is 697. The van der Waals surface area contributed by atoms with E-state index in [0.717, 1.165) is 16.9 Å². The quantitative estimate of drug-likeness (QED) is 0.774. The second-order valence-corrected chi connectivity index (χ2v) is 6.03. The Balaban J connectivity index is 1.94. The van der Waals surface area contributed by atoms with Crippen LogP contribution in [0.2, 0.25) is 0 Å². The van der Waals surface area contributed by atoms with Crippen LogP contribution in [0.5, 0.6) is 5.75 Å². The smallest absolute Gasteiger partial charge is 0.326 e. The monoisotopic (exact) mass is 341 g/mol. The third kappa shape index (κ3) is 5.64. The number of hydrogen-bond donors (Lipinski definition) is 2. The van der Waals surface area contributed by atoms with Gasteiger partial charge < -0.3 is 15.2 Å². The molecular weight excluding hydrogens is 318 g/mol. The van der Waals surface area contributed by atoms with Crippen LogP contribution in [0.1, 0.15) is 30.4 Å². The number of rotatable bonds is 8. The van der Waals surface area contributed by atoms with Crippen LogP contribution in [-0.2, 0) is 16.0 Å². The van der Waals surface area contributed by atoms with E-state index in [0.29, 0.717) is 0 Å². The molecule has 5 heteroatoms. The van der Waals surface area contributed by atoms with Crippen molar-refractivity contribution in [1.29, 1.82) is 0 Å². The molecule has 25 heavy (non-hydrogen) atoms. The lowest BCUT2D eigenvalue weighted by Crippen LogP contribution is -2.42. The van der Waals surface area contributed by atoms with Gasteiger partial charge in [0.05, 0.1) is 7.11 Å². The molecule has 0 fully saturated rings. The van der Waals surface area contributed by atoms with Crippen molar-refractivity contribution in [2.75, 3.05) is 7.11 Å². The molecule has 2 aromatic carbocycles. The molecule has 0 saturated carbocycles. The fourth-order valence-electron chi connectivity index (χ4n) is 2.63. The molecule has 2 unspecified atom stereocenters. The molecule has 0 aliphatic rings. The molecule has 2 atom stereocenters. The van der Waals surface area contributed by atoms with E-state index in [-0.39, 0.29) is 24.7 Å². The minimum atomic E-state index is -1.03. The number of amides is 1. The van der Waals surface area contributed by atoms with Crippen LogP contribution in [0.4, 0.5) is 0 Å². The largest absolute Gasteiger partial charge is 0.497 e. The van der Waals surface area contributed by atoms with Crippen LogP contribution in [0.3, 0.4) is 0 Å². The highest BCUT2D eigenvalue weighted by atomic mass is 16.5. The van der Waals surface area contributed by atoms with Crippen molar-refractivity contribution in [2.24, 2.45) is 0 Å². The van der Waals surface area contributed by atoms with Crippen molar-refractivity contribution in [3.63, 3.8) is 0 Å². The van der Waals surface area contributed by atoms with Gasteiger partial charge in [-0.15, -0.1) is 0 Å². The topological polar surface area (TPSA) is 75.6 Å². The summed E-state index contributed by atoms with van der Waals surface area (Å²) < 4.78 is 5.12. The molecule has 0 saturated heterocycles. The molecule has 5 nitrogen and oxygen atoms in total. The number of carboxylic acid groups (broad SMARTS) is 1. The van der Waals surface area contributed by atoms with Gasteiger partial charge in [0.25, 0.3) is 0 Å². The van der Waals surface area contributed by atoms with Gasteiger partial charge in [0.2, 0.25) is 5.91 Å².